The summed E-state index contributed by atoms with van der Waals surface area (Å²) in [6.45, 7) is 5.80. The van der Waals surface area contributed by atoms with Gasteiger partial charge in [-0.25, -0.2) is 0 Å². The number of carbonyl (C=O) groups excluding carboxylic acids is 1. The third-order valence-corrected chi connectivity index (χ3v) is 5.71. The lowest BCUT2D eigenvalue weighted by atomic mass is 9.95. The number of rotatable bonds is 4. The van der Waals surface area contributed by atoms with Crippen LogP contribution in [0.3, 0.4) is 0 Å². The smallest absolute Gasteiger partial charge is 0.259 e. The molecule has 1 atom stereocenters. The normalized spacial score (nSPS) is 20.8. The van der Waals surface area contributed by atoms with Crippen molar-refractivity contribution in [3.05, 3.63) is 52.9 Å². The van der Waals surface area contributed by atoms with Crippen LogP contribution in [0.1, 0.15) is 53.4 Å². The molecule has 0 N–H and O–H groups in total. The number of carbonyl (C=O) groups is 1. The number of hydrogen-bond donors (Lipinski definition) is 0. The lowest BCUT2D eigenvalue weighted by Gasteiger charge is -2.41. The molecular formula is C21H27N3O2. The number of hydrogen-bond acceptors (Lipinski definition) is 4. The average Bonchev–Trinajstić information content (AvgIpc) is 3.16. The van der Waals surface area contributed by atoms with E-state index in [0.29, 0.717) is 11.6 Å². The Hall–Kier alpha value is -2.14. The van der Waals surface area contributed by atoms with Gasteiger partial charge < -0.3 is 9.42 Å². The molecule has 0 bridgehead atoms. The van der Waals surface area contributed by atoms with Crippen molar-refractivity contribution < 1.29 is 9.32 Å². The predicted octanol–water partition coefficient (Wildman–Crippen LogP) is 3.29. The molecule has 1 fully saturated rings. The minimum absolute atomic E-state index is 0.0804. The van der Waals surface area contributed by atoms with Crippen molar-refractivity contribution in [2.24, 2.45) is 0 Å². The van der Waals surface area contributed by atoms with Gasteiger partial charge in [0.2, 0.25) is 0 Å². The first-order valence-corrected chi connectivity index (χ1v) is 9.80. The van der Waals surface area contributed by atoms with Crippen LogP contribution in [0, 0.1) is 0 Å². The maximum Gasteiger partial charge on any atom is 0.259 e. The summed E-state index contributed by atoms with van der Waals surface area (Å²) in [5.41, 5.74) is 3.56. The first-order chi connectivity index (χ1) is 12.8. The van der Waals surface area contributed by atoms with Crippen LogP contribution in [0.2, 0.25) is 0 Å². The second-order valence-corrected chi connectivity index (χ2v) is 7.45. The van der Waals surface area contributed by atoms with Crippen molar-refractivity contribution in [2.75, 3.05) is 19.6 Å². The molecule has 138 valence electrons. The molecule has 0 radical (unpaired) electrons. The van der Waals surface area contributed by atoms with Crippen LogP contribution in [-0.4, -0.2) is 46.5 Å². The van der Waals surface area contributed by atoms with Gasteiger partial charge in [0.15, 0.2) is 0 Å². The number of benzene rings is 1. The van der Waals surface area contributed by atoms with Gasteiger partial charge in [-0.05, 0) is 36.8 Å². The van der Waals surface area contributed by atoms with Gasteiger partial charge >= 0.3 is 0 Å². The fourth-order valence-corrected chi connectivity index (χ4v) is 4.28. The predicted molar refractivity (Wildman–Crippen MR) is 100.0 cm³/mol. The van der Waals surface area contributed by atoms with Crippen LogP contribution >= 0.6 is 0 Å². The summed E-state index contributed by atoms with van der Waals surface area (Å²) in [5, 5.41) is 3.86. The zero-order valence-corrected chi connectivity index (χ0v) is 15.5. The molecule has 4 rings (SSSR count). The van der Waals surface area contributed by atoms with Crippen molar-refractivity contribution in [3.63, 3.8) is 0 Å². The molecule has 5 heteroatoms. The Bertz CT molecular complexity index is 770. The summed E-state index contributed by atoms with van der Waals surface area (Å²) in [6, 6.07) is 9.17. The molecule has 2 aliphatic heterocycles. The maximum atomic E-state index is 13.0. The van der Waals surface area contributed by atoms with Gasteiger partial charge in [0.05, 0.1) is 6.20 Å². The van der Waals surface area contributed by atoms with Gasteiger partial charge in [0.25, 0.3) is 5.91 Å². The van der Waals surface area contributed by atoms with E-state index in [0.717, 1.165) is 64.0 Å². The van der Waals surface area contributed by atoms with E-state index in [2.05, 4.69) is 41.2 Å². The van der Waals surface area contributed by atoms with E-state index < -0.39 is 0 Å². The van der Waals surface area contributed by atoms with Crippen LogP contribution in [0.15, 0.2) is 35.0 Å². The molecule has 1 amide bonds. The van der Waals surface area contributed by atoms with E-state index in [1.165, 1.54) is 11.1 Å². The number of likely N-dealkylation sites (tertiary alicyclic amines) is 1. The Morgan fingerprint density at radius 3 is 2.96 bits per heavy atom. The zero-order chi connectivity index (χ0) is 17.9. The van der Waals surface area contributed by atoms with Crippen molar-refractivity contribution in [1.82, 2.24) is 15.0 Å². The SMILES string of the molecule is CCCc1oncc1C(=O)N1CCCC(N2CCc3ccccc3C2)C1. The third-order valence-electron chi connectivity index (χ3n) is 5.71. The van der Waals surface area contributed by atoms with E-state index in [-0.39, 0.29) is 5.91 Å². The highest BCUT2D eigenvalue weighted by Crippen LogP contribution is 2.25. The third kappa shape index (κ3) is 3.40. The number of piperidine rings is 1. The number of fused-ring (bicyclic) bond motifs is 1. The topological polar surface area (TPSA) is 49.6 Å². The minimum Gasteiger partial charge on any atom is -0.361 e. The molecule has 2 aliphatic rings. The van der Waals surface area contributed by atoms with Gasteiger partial charge in [0, 0.05) is 38.6 Å². The molecule has 1 aromatic heterocycles. The van der Waals surface area contributed by atoms with Gasteiger partial charge in [0.1, 0.15) is 11.3 Å². The van der Waals surface area contributed by atoms with E-state index in [1.54, 1.807) is 6.20 Å². The Morgan fingerprint density at radius 2 is 2.12 bits per heavy atom. The summed E-state index contributed by atoms with van der Waals surface area (Å²) in [4.78, 5) is 17.5. The van der Waals surface area contributed by atoms with E-state index in [4.69, 9.17) is 4.52 Å². The standard InChI is InChI=1S/C21H27N3O2/c1-2-6-20-19(13-22-26-20)21(25)24-11-5-9-18(15-24)23-12-10-16-7-3-4-8-17(16)14-23/h3-4,7-8,13,18H,2,5-6,9-12,14-15H2,1H3. The molecule has 0 spiro atoms. The number of aromatic nitrogens is 1. The molecule has 2 aromatic rings. The lowest BCUT2D eigenvalue weighted by Crippen LogP contribution is -2.51. The number of amides is 1. The molecule has 1 unspecified atom stereocenters. The largest absolute Gasteiger partial charge is 0.361 e. The highest BCUT2D eigenvalue weighted by Gasteiger charge is 2.31. The minimum atomic E-state index is 0.0804. The van der Waals surface area contributed by atoms with E-state index in [9.17, 15) is 4.79 Å². The van der Waals surface area contributed by atoms with Crippen LogP contribution in [0.4, 0.5) is 0 Å². The quantitative estimate of drug-likeness (QED) is 0.846. The summed E-state index contributed by atoms with van der Waals surface area (Å²) >= 11 is 0. The summed E-state index contributed by atoms with van der Waals surface area (Å²) in [5.74, 6) is 0.809. The molecule has 1 aromatic carbocycles. The summed E-state index contributed by atoms with van der Waals surface area (Å²) < 4.78 is 5.29. The van der Waals surface area contributed by atoms with Crippen LogP contribution in [-0.2, 0) is 19.4 Å². The number of nitrogens with zero attached hydrogens (tertiary/aromatic N) is 3. The van der Waals surface area contributed by atoms with Crippen molar-refractivity contribution in [3.8, 4) is 0 Å². The summed E-state index contributed by atoms with van der Waals surface area (Å²) in [7, 11) is 0. The van der Waals surface area contributed by atoms with Crippen molar-refractivity contribution in [1.29, 1.82) is 0 Å². The second kappa shape index (κ2) is 7.62. The van der Waals surface area contributed by atoms with Crippen LogP contribution in [0.5, 0.6) is 0 Å². The molecule has 5 nitrogen and oxygen atoms in total. The van der Waals surface area contributed by atoms with Crippen molar-refractivity contribution >= 4 is 5.91 Å². The first kappa shape index (κ1) is 17.3. The van der Waals surface area contributed by atoms with Gasteiger partial charge in [-0.1, -0.05) is 36.3 Å². The Kier molecular flexibility index (Phi) is 5.07. The fraction of sp³-hybridized carbons (Fsp3) is 0.524. The van der Waals surface area contributed by atoms with E-state index in [1.807, 2.05) is 4.90 Å². The maximum absolute atomic E-state index is 13.0. The highest BCUT2D eigenvalue weighted by molar-refractivity contribution is 5.95. The molecule has 26 heavy (non-hydrogen) atoms. The second-order valence-electron chi connectivity index (χ2n) is 7.45. The Labute approximate surface area is 155 Å². The van der Waals surface area contributed by atoms with Gasteiger partial charge in [-0.15, -0.1) is 0 Å². The molecule has 0 aliphatic carbocycles. The average molecular weight is 353 g/mol. The first-order valence-electron chi connectivity index (χ1n) is 9.80. The molecular weight excluding hydrogens is 326 g/mol. The lowest BCUT2D eigenvalue weighted by molar-refractivity contribution is 0.0547. The fourth-order valence-electron chi connectivity index (χ4n) is 4.28. The van der Waals surface area contributed by atoms with Crippen LogP contribution < -0.4 is 0 Å². The van der Waals surface area contributed by atoms with Crippen LogP contribution in [0.25, 0.3) is 0 Å². The van der Waals surface area contributed by atoms with Crippen molar-refractivity contribution in [2.45, 2.75) is 51.6 Å². The van der Waals surface area contributed by atoms with Gasteiger partial charge in [-0.2, -0.15) is 0 Å². The zero-order valence-electron chi connectivity index (χ0n) is 15.5. The molecule has 0 saturated carbocycles. The molecule has 1 saturated heterocycles. The monoisotopic (exact) mass is 353 g/mol. The Morgan fingerprint density at radius 1 is 1.27 bits per heavy atom. The highest BCUT2D eigenvalue weighted by atomic mass is 16.5. The Balaban J connectivity index is 1.45. The number of aryl methyl sites for hydroxylation is 1. The van der Waals surface area contributed by atoms with E-state index >= 15 is 0 Å². The molecule has 3 heterocycles. The summed E-state index contributed by atoms with van der Waals surface area (Å²) in [6.07, 6.45) is 6.63. The van der Waals surface area contributed by atoms with Gasteiger partial charge in [-0.3, -0.25) is 9.69 Å².